The van der Waals surface area contributed by atoms with Crippen molar-refractivity contribution in [1.82, 2.24) is 14.8 Å². The molecule has 0 radical (unpaired) electrons. The zero-order valence-electron chi connectivity index (χ0n) is 17.6. The van der Waals surface area contributed by atoms with Gasteiger partial charge in [-0.15, -0.1) is 10.2 Å². The number of hydrogen-bond acceptors (Lipinski definition) is 5. The first-order valence-electron chi connectivity index (χ1n) is 9.90. The summed E-state index contributed by atoms with van der Waals surface area (Å²) >= 11 is 13.5. The topological polar surface area (TPSA) is 69.0 Å². The van der Waals surface area contributed by atoms with Crippen molar-refractivity contribution in [2.45, 2.75) is 45.0 Å². The van der Waals surface area contributed by atoms with Crippen LogP contribution in [0.15, 0.2) is 47.6 Å². The van der Waals surface area contributed by atoms with Gasteiger partial charge in [-0.3, -0.25) is 4.79 Å². The van der Waals surface area contributed by atoms with Crippen LogP contribution in [-0.2, 0) is 17.9 Å². The van der Waals surface area contributed by atoms with Gasteiger partial charge in [0.15, 0.2) is 11.0 Å². The number of aromatic nitrogens is 3. The zero-order chi connectivity index (χ0) is 22.4. The molecule has 0 atom stereocenters. The molecule has 0 aliphatic heterocycles. The molecule has 1 amide bonds. The Hall–Kier alpha value is -2.22. The number of para-hydroxylation sites is 1. The molecule has 0 unspecified atom stereocenters. The quantitative estimate of drug-likeness (QED) is 0.379. The molecule has 0 bridgehead atoms. The molecule has 6 nitrogen and oxygen atoms in total. The van der Waals surface area contributed by atoms with E-state index in [0.29, 0.717) is 45.8 Å². The van der Waals surface area contributed by atoms with E-state index >= 15 is 0 Å². The minimum absolute atomic E-state index is 0.150. The van der Waals surface area contributed by atoms with Gasteiger partial charge in [0.05, 0.1) is 21.5 Å². The molecule has 1 heterocycles. The summed E-state index contributed by atoms with van der Waals surface area (Å²) in [4.78, 5) is 12.4. The fourth-order valence-electron chi connectivity index (χ4n) is 2.87. The maximum atomic E-state index is 12.4. The second-order valence-electron chi connectivity index (χ2n) is 7.09. The molecule has 0 aliphatic rings. The van der Waals surface area contributed by atoms with Crippen molar-refractivity contribution < 1.29 is 9.53 Å². The van der Waals surface area contributed by atoms with E-state index in [2.05, 4.69) is 41.5 Å². The smallest absolute Gasteiger partial charge is 0.234 e. The average Bonchev–Trinajstić information content (AvgIpc) is 3.15. The van der Waals surface area contributed by atoms with Crippen molar-refractivity contribution in [2.24, 2.45) is 0 Å². The number of carbonyl (C=O) groups is 1. The maximum Gasteiger partial charge on any atom is 0.234 e. The van der Waals surface area contributed by atoms with E-state index in [4.69, 9.17) is 27.9 Å². The van der Waals surface area contributed by atoms with E-state index in [1.807, 2.05) is 23.6 Å². The number of halogens is 2. The molecule has 1 N–H and O–H groups in total. The monoisotopic (exact) mass is 478 g/mol. The number of carbonyl (C=O) groups excluding carboxylic acids is 1. The van der Waals surface area contributed by atoms with Crippen LogP contribution in [0.1, 0.15) is 38.1 Å². The zero-order valence-corrected chi connectivity index (χ0v) is 19.9. The third kappa shape index (κ3) is 6.15. The summed E-state index contributed by atoms with van der Waals surface area (Å²) in [5.41, 5.74) is 1.67. The first kappa shape index (κ1) is 23.4. The first-order chi connectivity index (χ1) is 14.9. The van der Waals surface area contributed by atoms with Crippen LogP contribution in [0.5, 0.6) is 5.75 Å². The molecular formula is C22H24Cl2N4O2S. The van der Waals surface area contributed by atoms with Crippen LogP contribution >= 0.6 is 35.0 Å². The van der Waals surface area contributed by atoms with Crippen LogP contribution in [0.25, 0.3) is 0 Å². The number of hydrogen-bond donors (Lipinski definition) is 1. The normalized spacial score (nSPS) is 11.0. The van der Waals surface area contributed by atoms with Crippen molar-refractivity contribution >= 4 is 46.6 Å². The maximum absolute atomic E-state index is 12.4. The lowest BCUT2D eigenvalue weighted by Crippen LogP contribution is -2.15. The van der Waals surface area contributed by atoms with Crippen LogP contribution < -0.4 is 10.1 Å². The van der Waals surface area contributed by atoms with Gasteiger partial charge in [-0.2, -0.15) is 0 Å². The molecule has 2 aromatic carbocycles. The van der Waals surface area contributed by atoms with Gasteiger partial charge in [-0.05, 0) is 42.7 Å². The molecule has 3 rings (SSSR count). The Kier molecular flexibility index (Phi) is 8.23. The van der Waals surface area contributed by atoms with Crippen molar-refractivity contribution in [3.05, 3.63) is 63.9 Å². The van der Waals surface area contributed by atoms with E-state index in [-0.39, 0.29) is 11.7 Å². The number of ether oxygens (including phenoxy) is 1. The standard InChI is InChI=1S/C22H24Cl2N4O2S/c1-4-28-19(12-30-16-10-8-15(9-11-16)14(2)3)26-27-22(28)31-13-20(29)25-21-17(23)6-5-7-18(21)24/h5-11,14H,4,12-13H2,1-3H3,(H,25,29). The van der Waals surface area contributed by atoms with Gasteiger partial charge in [-0.1, -0.05) is 67.0 Å². The average molecular weight is 479 g/mol. The van der Waals surface area contributed by atoms with Crippen molar-refractivity contribution in [3.63, 3.8) is 0 Å². The molecule has 1 aromatic heterocycles. The Morgan fingerprint density at radius 1 is 1.13 bits per heavy atom. The van der Waals surface area contributed by atoms with Gasteiger partial charge < -0.3 is 14.6 Å². The fourth-order valence-corrected chi connectivity index (χ4v) is 4.18. The Labute approximate surface area is 196 Å². The molecule has 31 heavy (non-hydrogen) atoms. The second kappa shape index (κ2) is 10.9. The van der Waals surface area contributed by atoms with Gasteiger partial charge in [0, 0.05) is 6.54 Å². The van der Waals surface area contributed by atoms with Crippen molar-refractivity contribution in [3.8, 4) is 5.75 Å². The van der Waals surface area contributed by atoms with Gasteiger partial charge in [0.2, 0.25) is 5.91 Å². The lowest BCUT2D eigenvalue weighted by Gasteiger charge is -2.11. The van der Waals surface area contributed by atoms with Crippen LogP contribution in [0, 0.1) is 0 Å². The van der Waals surface area contributed by atoms with Crippen LogP contribution in [0.2, 0.25) is 10.0 Å². The van der Waals surface area contributed by atoms with Gasteiger partial charge in [0.1, 0.15) is 12.4 Å². The molecule has 0 spiro atoms. The van der Waals surface area contributed by atoms with Crippen LogP contribution in [0.4, 0.5) is 5.69 Å². The molecule has 0 aliphatic carbocycles. The Morgan fingerprint density at radius 3 is 2.42 bits per heavy atom. The van der Waals surface area contributed by atoms with E-state index in [1.165, 1.54) is 17.3 Å². The number of rotatable bonds is 9. The largest absolute Gasteiger partial charge is 0.486 e. The first-order valence-corrected chi connectivity index (χ1v) is 11.6. The molecular weight excluding hydrogens is 455 g/mol. The van der Waals surface area contributed by atoms with Gasteiger partial charge in [-0.25, -0.2) is 0 Å². The predicted molar refractivity (Wildman–Crippen MR) is 126 cm³/mol. The van der Waals surface area contributed by atoms with E-state index < -0.39 is 0 Å². The van der Waals surface area contributed by atoms with Gasteiger partial charge in [0.25, 0.3) is 0 Å². The summed E-state index contributed by atoms with van der Waals surface area (Å²) in [6.45, 7) is 7.27. The van der Waals surface area contributed by atoms with Gasteiger partial charge >= 0.3 is 0 Å². The Balaban J connectivity index is 1.58. The van der Waals surface area contributed by atoms with E-state index in [0.717, 1.165) is 5.75 Å². The molecule has 164 valence electrons. The van der Waals surface area contributed by atoms with Crippen molar-refractivity contribution in [2.75, 3.05) is 11.1 Å². The minimum atomic E-state index is -0.228. The van der Waals surface area contributed by atoms with E-state index in [9.17, 15) is 4.79 Å². The summed E-state index contributed by atoms with van der Waals surface area (Å²) < 4.78 is 7.81. The molecule has 0 fully saturated rings. The third-order valence-corrected chi connectivity index (χ3v) is 6.18. The predicted octanol–water partition coefficient (Wildman–Crippen LogP) is 6.04. The highest BCUT2D eigenvalue weighted by Crippen LogP contribution is 2.30. The number of thioether (sulfide) groups is 1. The molecule has 0 saturated heterocycles. The lowest BCUT2D eigenvalue weighted by molar-refractivity contribution is -0.113. The Morgan fingerprint density at radius 2 is 1.81 bits per heavy atom. The van der Waals surface area contributed by atoms with Crippen LogP contribution in [0.3, 0.4) is 0 Å². The molecule has 3 aromatic rings. The molecule has 0 saturated carbocycles. The summed E-state index contributed by atoms with van der Waals surface area (Å²) in [5, 5.41) is 12.6. The third-order valence-electron chi connectivity index (χ3n) is 4.58. The summed E-state index contributed by atoms with van der Waals surface area (Å²) in [5.74, 6) is 1.88. The molecule has 9 heteroatoms. The fraction of sp³-hybridized carbons (Fsp3) is 0.318. The SMILES string of the molecule is CCn1c(COc2ccc(C(C)C)cc2)nnc1SCC(=O)Nc1c(Cl)cccc1Cl. The van der Waals surface area contributed by atoms with Crippen molar-refractivity contribution in [1.29, 1.82) is 0 Å². The number of amides is 1. The highest BCUT2D eigenvalue weighted by atomic mass is 35.5. The number of benzene rings is 2. The van der Waals surface area contributed by atoms with Crippen LogP contribution in [-0.4, -0.2) is 26.4 Å². The number of nitrogens with one attached hydrogen (secondary N) is 1. The highest BCUT2D eigenvalue weighted by molar-refractivity contribution is 7.99. The summed E-state index contributed by atoms with van der Waals surface area (Å²) in [6, 6.07) is 13.1. The highest BCUT2D eigenvalue weighted by Gasteiger charge is 2.15. The number of anilines is 1. The van der Waals surface area contributed by atoms with E-state index in [1.54, 1.807) is 18.2 Å². The summed E-state index contributed by atoms with van der Waals surface area (Å²) in [6.07, 6.45) is 0. The minimum Gasteiger partial charge on any atom is -0.486 e. The summed E-state index contributed by atoms with van der Waals surface area (Å²) in [7, 11) is 0. The lowest BCUT2D eigenvalue weighted by atomic mass is 10.0. The Bertz CT molecular complexity index is 1020. The second-order valence-corrected chi connectivity index (χ2v) is 8.85. The number of nitrogens with zero attached hydrogens (tertiary/aromatic N) is 3.